The zero-order valence-electron chi connectivity index (χ0n) is 17.2. The molecule has 2 aromatic heterocycles. The van der Waals surface area contributed by atoms with E-state index < -0.39 is 0 Å². The standard InChI is InChI=1S/C23H28N6O/c24-14-25-23(30)22-21(28-10-4-5-11-28)13-18(27-22)16-8-9-20-19(12-16)26-15-29(20)17-6-2-1-3-7-17/h8-9,12-15,17,27H,1-7,10-11H2,(H2,24,25,30). The predicted molar refractivity (Wildman–Crippen MR) is 119 cm³/mol. The minimum atomic E-state index is -0.277. The first kappa shape index (κ1) is 18.9. The van der Waals surface area contributed by atoms with Crippen molar-refractivity contribution in [1.82, 2.24) is 19.9 Å². The number of hydrogen-bond donors (Lipinski definition) is 3. The third kappa shape index (κ3) is 3.38. The summed E-state index contributed by atoms with van der Waals surface area (Å²) in [7, 11) is 0. The fourth-order valence-corrected chi connectivity index (χ4v) is 4.97. The van der Waals surface area contributed by atoms with Crippen LogP contribution >= 0.6 is 0 Å². The number of fused-ring (bicyclic) bond motifs is 1. The van der Waals surface area contributed by atoms with Crippen molar-refractivity contribution in [2.45, 2.75) is 51.0 Å². The fourth-order valence-electron chi connectivity index (χ4n) is 4.97. The molecular formula is C23H28N6O. The maximum atomic E-state index is 12.5. The number of carbonyl (C=O) groups excluding carboxylic acids is 1. The molecule has 1 aliphatic heterocycles. The molecule has 1 amide bonds. The molecule has 3 aromatic rings. The van der Waals surface area contributed by atoms with Gasteiger partial charge in [-0.25, -0.2) is 4.98 Å². The molecule has 1 saturated carbocycles. The number of H-pyrrole nitrogens is 1. The minimum Gasteiger partial charge on any atom is -0.370 e. The van der Waals surface area contributed by atoms with Crippen molar-refractivity contribution < 1.29 is 4.79 Å². The lowest BCUT2D eigenvalue weighted by atomic mass is 9.95. The smallest absolute Gasteiger partial charge is 0.274 e. The number of aromatic amines is 1. The van der Waals surface area contributed by atoms with Crippen LogP contribution in [0.4, 0.5) is 5.69 Å². The Morgan fingerprint density at radius 1 is 1.13 bits per heavy atom. The number of rotatable bonds is 5. The van der Waals surface area contributed by atoms with E-state index >= 15 is 0 Å². The summed E-state index contributed by atoms with van der Waals surface area (Å²) in [5.74, 6) is -0.277. The molecule has 1 saturated heterocycles. The fraction of sp³-hybridized carbons (Fsp3) is 0.435. The minimum absolute atomic E-state index is 0.277. The molecule has 7 heteroatoms. The Hall–Kier alpha value is -3.09. The van der Waals surface area contributed by atoms with Gasteiger partial charge in [-0.05, 0) is 43.9 Å². The van der Waals surface area contributed by atoms with Crippen LogP contribution in [-0.2, 0) is 0 Å². The quantitative estimate of drug-likeness (QED) is 0.433. The molecule has 0 unspecified atom stereocenters. The number of carbonyl (C=O) groups is 1. The maximum absolute atomic E-state index is 12.5. The molecule has 7 nitrogen and oxygen atoms in total. The van der Waals surface area contributed by atoms with Crippen molar-refractivity contribution in [3.05, 3.63) is 36.3 Å². The van der Waals surface area contributed by atoms with Gasteiger partial charge in [0.05, 0.1) is 29.4 Å². The van der Waals surface area contributed by atoms with Crippen molar-refractivity contribution in [2.75, 3.05) is 18.0 Å². The molecule has 0 spiro atoms. The topological polar surface area (TPSA) is 89.8 Å². The number of nitrogens with one attached hydrogen (secondary N) is 3. The molecule has 0 radical (unpaired) electrons. The van der Waals surface area contributed by atoms with E-state index in [0.29, 0.717) is 11.7 Å². The maximum Gasteiger partial charge on any atom is 0.274 e. The van der Waals surface area contributed by atoms with Gasteiger partial charge in [0.25, 0.3) is 5.91 Å². The Bertz CT molecular complexity index is 1070. The number of amides is 1. The third-order valence-corrected chi connectivity index (χ3v) is 6.53. The van der Waals surface area contributed by atoms with E-state index in [-0.39, 0.29) is 5.91 Å². The molecule has 3 N–H and O–H groups in total. The summed E-state index contributed by atoms with van der Waals surface area (Å²) in [6.07, 6.45) is 11.6. The lowest BCUT2D eigenvalue weighted by Crippen LogP contribution is -2.26. The average Bonchev–Trinajstić information content (AvgIpc) is 3.53. The van der Waals surface area contributed by atoms with Crippen LogP contribution in [0.3, 0.4) is 0 Å². The molecule has 1 aliphatic carbocycles. The number of aromatic nitrogens is 3. The summed E-state index contributed by atoms with van der Waals surface area (Å²) in [6, 6.07) is 8.98. The van der Waals surface area contributed by atoms with E-state index in [4.69, 9.17) is 5.41 Å². The second-order valence-corrected chi connectivity index (χ2v) is 8.40. The summed E-state index contributed by atoms with van der Waals surface area (Å²) in [6.45, 7) is 1.90. The van der Waals surface area contributed by atoms with Crippen molar-refractivity contribution in [2.24, 2.45) is 0 Å². The molecule has 0 atom stereocenters. The molecule has 5 rings (SSSR count). The van der Waals surface area contributed by atoms with Crippen LogP contribution in [0.2, 0.25) is 0 Å². The first-order valence-electron chi connectivity index (χ1n) is 11.0. The van der Waals surface area contributed by atoms with Crippen LogP contribution in [0, 0.1) is 5.41 Å². The second kappa shape index (κ2) is 7.97. The van der Waals surface area contributed by atoms with Crippen LogP contribution in [0.25, 0.3) is 22.3 Å². The van der Waals surface area contributed by atoms with Gasteiger partial charge in [-0.15, -0.1) is 0 Å². The number of benzene rings is 1. The monoisotopic (exact) mass is 404 g/mol. The normalized spacial score (nSPS) is 17.5. The van der Waals surface area contributed by atoms with E-state index in [9.17, 15) is 4.79 Å². The van der Waals surface area contributed by atoms with Crippen molar-refractivity contribution >= 4 is 29.0 Å². The highest BCUT2D eigenvalue weighted by Crippen LogP contribution is 2.34. The molecule has 3 heterocycles. The average molecular weight is 405 g/mol. The Balaban J connectivity index is 1.50. The largest absolute Gasteiger partial charge is 0.370 e. The summed E-state index contributed by atoms with van der Waals surface area (Å²) < 4.78 is 2.34. The summed E-state index contributed by atoms with van der Waals surface area (Å²) in [5, 5.41) is 9.70. The van der Waals surface area contributed by atoms with Gasteiger partial charge in [0, 0.05) is 30.4 Å². The van der Waals surface area contributed by atoms with Gasteiger partial charge in [0.1, 0.15) is 5.69 Å². The van der Waals surface area contributed by atoms with Gasteiger partial charge in [-0.2, -0.15) is 0 Å². The van der Waals surface area contributed by atoms with Crippen LogP contribution in [0.5, 0.6) is 0 Å². The Kier molecular flexibility index (Phi) is 5.02. The molecule has 30 heavy (non-hydrogen) atoms. The van der Waals surface area contributed by atoms with Crippen molar-refractivity contribution in [3.8, 4) is 11.3 Å². The van der Waals surface area contributed by atoms with E-state index in [2.05, 4.69) is 49.0 Å². The van der Waals surface area contributed by atoms with Gasteiger partial charge in [-0.3, -0.25) is 10.2 Å². The third-order valence-electron chi connectivity index (χ3n) is 6.53. The van der Waals surface area contributed by atoms with Gasteiger partial charge >= 0.3 is 0 Å². The molecule has 2 aliphatic rings. The first-order valence-corrected chi connectivity index (χ1v) is 11.0. The molecule has 0 bridgehead atoms. The highest BCUT2D eigenvalue weighted by molar-refractivity contribution is 6.04. The molecule has 156 valence electrons. The highest BCUT2D eigenvalue weighted by Gasteiger charge is 2.23. The highest BCUT2D eigenvalue weighted by atomic mass is 16.1. The van der Waals surface area contributed by atoms with Gasteiger partial charge in [0.15, 0.2) is 0 Å². The van der Waals surface area contributed by atoms with Crippen molar-refractivity contribution in [3.63, 3.8) is 0 Å². The zero-order valence-corrected chi connectivity index (χ0v) is 17.2. The Labute approximate surface area is 176 Å². The number of hydrogen-bond acceptors (Lipinski definition) is 4. The summed E-state index contributed by atoms with van der Waals surface area (Å²) in [5.41, 5.74) is 5.52. The van der Waals surface area contributed by atoms with Gasteiger partial charge in [-0.1, -0.05) is 25.3 Å². The Morgan fingerprint density at radius 2 is 1.93 bits per heavy atom. The number of nitrogens with zero attached hydrogens (tertiary/aromatic N) is 3. The van der Waals surface area contributed by atoms with Crippen molar-refractivity contribution in [1.29, 1.82) is 5.41 Å². The Morgan fingerprint density at radius 3 is 2.70 bits per heavy atom. The first-order chi connectivity index (χ1) is 14.7. The molecule has 1 aromatic carbocycles. The lowest BCUT2D eigenvalue weighted by molar-refractivity contribution is 0.0974. The lowest BCUT2D eigenvalue weighted by Gasteiger charge is -2.23. The SMILES string of the molecule is N=CNC(=O)c1[nH]c(-c2ccc3c(c2)ncn3C2CCCCC2)cc1N1CCCC1. The molecule has 2 fully saturated rings. The summed E-state index contributed by atoms with van der Waals surface area (Å²) >= 11 is 0. The van der Waals surface area contributed by atoms with E-state index in [1.165, 1.54) is 37.6 Å². The van der Waals surface area contributed by atoms with E-state index in [1.54, 1.807) is 0 Å². The van der Waals surface area contributed by atoms with Crippen LogP contribution in [0.15, 0.2) is 30.6 Å². The number of imidazole rings is 1. The van der Waals surface area contributed by atoms with Crippen LogP contribution < -0.4 is 10.2 Å². The van der Waals surface area contributed by atoms with E-state index in [1.807, 2.05) is 6.33 Å². The number of anilines is 1. The van der Waals surface area contributed by atoms with E-state index in [0.717, 1.165) is 54.7 Å². The second-order valence-electron chi connectivity index (χ2n) is 8.40. The van der Waals surface area contributed by atoms with Crippen LogP contribution in [-0.4, -0.2) is 39.9 Å². The molecular weight excluding hydrogens is 376 g/mol. The summed E-state index contributed by atoms with van der Waals surface area (Å²) in [4.78, 5) is 22.8. The van der Waals surface area contributed by atoms with Gasteiger partial charge in [0.2, 0.25) is 0 Å². The zero-order chi connectivity index (χ0) is 20.5. The van der Waals surface area contributed by atoms with Gasteiger partial charge < -0.3 is 19.8 Å². The predicted octanol–water partition coefficient (Wildman–Crippen LogP) is 4.47. The van der Waals surface area contributed by atoms with Crippen LogP contribution in [0.1, 0.15) is 61.5 Å².